The molecule has 2 aromatic rings. The predicted molar refractivity (Wildman–Crippen MR) is 78.7 cm³/mol. The topological polar surface area (TPSA) is 43.3 Å². The van der Waals surface area contributed by atoms with Crippen molar-refractivity contribution in [1.29, 1.82) is 0 Å². The van der Waals surface area contributed by atoms with Crippen LogP contribution in [0.15, 0.2) is 35.1 Å². The number of nitrogens with zero attached hydrogens (tertiary/aromatic N) is 1. The number of benzene rings is 1. The van der Waals surface area contributed by atoms with Crippen LogP contribution >= 0.6 is 0 Å². The molecule has 1 N–H and O–H groups in total. The van der Waals surface area contributed by atoms with Crippen molar-refractivity contribution < 1.29 is 4.74 Å². The van der Waals surface area contributed by atoms with E-state index in [1.165, 1.54) is 0 Å². The summed E-state index contributed by atoms with van der Waals surface area (Å²) in [6, 6.07) is 9.57. The number of anilines is 1. The van der Waals surface area contributed by atoms with Gasteiger partial charge in [-0.15, -0.1) is 0 Å². The molecule has 0 aliphatic carbocycles. The van der Waals surface area contributed by atoms with E-state index in [9.17, 15) is 4.79 Å². The fraction of sp³-hybridized carbons (Fsp3) is 0.400. The molecule has 0 radical (unpaired) electrons. The first-order chi connectivity index (χ1) is 9.13. The Morgan fingerprint density at radius 1 is 1.37 bits per heavy atom. The van der Waals surface area contributed by atoms with Crippen molar-refractivity contribution in [2.75, 3.05) is 25.6 Å². The summed E-state index contributed by atoms with van der Waals surface area (Å²) in [6.07, 6.45) is 0. The Hall–Kier alpha value is -1.81. The lowest BCUT2D eigenvalue weighted by molar-refractivity contribution is 0.164. The van der Waals surface area contributed by atoms with Crippen molar-refractivity contribution in [3.8, 4) is 0 Å². The molecule has 0 amide bonds. The highest BCUT2D eigenvalue weighted by atomic mass is 16.5. The highest BCUT2D eigenvalue weighted by Crippen LogP contribution is 2.20. The van der Waals surface area contributed by atoms with E-state index >= 15 is 0 Å². The lowest BCUT2D eigenvalue weighted by Crippen LogP contribution is -2.20. The Kier molecular flexibility index (Phi) is 4.22. The number of methoxy groups -OCH3 is 1. The number of pyridine rings is 1. The van der Waals surface area contributed by atoms with Crippen LogP contribution in [0.3, 0.4) is 0 Å². The fourth-order valence-corrected chi connectivity index (χ4v) is 2.18. The van der Waals surface area contributed by atoms with Crippen LogP contribution in [-0.2, 0) is 11.8 Å². The highest BCUT2D eigenvalue weighted by molar-refractivity contribution is 5.91. The van der Waals surface area contributed by atoms with E-state index < -0.39 is 0 Å². The van der Waals surface area contributed by atoms with E-state index in [2.05, 4.69) is 12.2 Å². The molecule has 0 saturated heterocycles. The van der Waals surface area contributed by atoms with Gasteiger partial charge in [0, 0.05) is 37.8 Å². The van der Waals surface area contributed by atoms with Gasteiger partial charge in [-0.1, -0.05) is 25.1 Å². The maximum Gasteiger partial charge on any atom is 0.252 e. The first-order valence-corrected chi connectivity index (χ1v) is 6.45. The Labute approximate surface area is 113 Å². The number of nitrogens with one attached hydrogen (secondary N) is 1. The molecule has 1 heterocycles. The largest absolute Gasteiger partial charge is 0.384 e. The number of para-hydroxylation sites is 1. The summed E-state index contributed by atoms with van der Waals surface area (Å²) >= 11 is 0. The Morgan fingerprint density at radius 3 is 2.84 bits per heavy atom. The predicted octanol–water partition coefficient (Wildman–Crippen LogP) is 2.23. The van der Waals surface area contributed by atoms with Gasteiger partial charge in [0.25, 0.3) is 5.56 Å². The van der Waals surface area contributed by atoms with Gasteiger partial charge in [0.1, 0.15) is 0 Å². The second-order valence-electron chi connectivity index (χ2n) is 4.91. The van der Waals surface area contributed by atoms with Crippen molar-refractivity contribution in [1.82, 2.24) is 4.57 Å². The lowest BCUT2D eigenvalue weighted by Gasteiger charge is -2.15. The van der Waals surface area contributed by atoms with Gasteiger partial charge in [-0.05, 0) is 12.0 Å². The van der Waals surface area contributed by atoms with Crippen molar-refractivity contribution >= 4 is 16.6 Å². The molecule has 19 heavy (non-hydrogen) atoms. The van der Waals surface area contributed by atoms with Crippen molar-refractivity contribution in [2.24, 2.45) is 13.0 Å². The van der Waals surface area contributed by atoms with E-state index in [1.807, 2.05) is 24.3 Å². The molecule has 0 saturated carbocycles. The summed E-state index contributed by atoms with van der Waals surface area (Å²) < 4.78 is 6.78. The summed E-state index contributed by atoms with van der Waals surface area (Å²) in [6.45, 7) is 3.60. The van der Waals surface area contributed by atoms with Gasteiger partial charge in [0.15, 0.2) is 0 Å². The number of fused-ring (bicyclic) bond motifs is 1. The van der Waals surface area contributed by atoms with Crippen LogP contribution in [0, 0.1) is 5.92 Å². The smallest absolute Gasteiger partial charge is 0.252 e. The normalized spacial score (nSPS) is 12.6. The quantitative estimate of drug-likeness (QED) is 0.896. The van der Waals surface area contributed by atoms with Gasteiger partial charge in [0.05, 0.1) is 12.1 Å². The van der Waals surface area contributed by atoms with Crippen LogP contribution in [0.25, 0.3) is 10.9 Å². The summed E-state index contributed by atoms with van der Waals surface area (Å²) in [5.74, 6) is 0.396. The highest BCUT2D eigenvalue weighted by Gasteiger charge is 2.07. The van der Waals surface area contributed by atoms with E-state index in [1.54, 1.807) is 24.8 Å². The standard InChI is InChI=1S/C15H20N2O2/c1-11(10-19-3)9-16-13-8-15(18)17(2)14-7-5-4-6-12(13)14/h4-8,11,16H,9-10H2,1-3H3. The number of aromatic nitrogens is 1. The third-order valence-corrected chi connectivity index (χ3v) is 3.25. The van der Waals surface area contributed by atoms with E-state index in [-0.39, 0.29) is 5.56 Å². The van der Waals surface area contributed by atoms with E-state index in [0.717, 1.165) is 23.1 Å². The number of ether oxygens (including phenoxy) is 1. The molecule has 1 unspecified atom stereocenters. The van der Waals surface area contributed by atoms with Crippen LogP contribution in [0.5, 0.6) is 0 Å². The molecular weight excluding hydrogens is 240 g/mol. The molecule has 2 rings (SSSR count). The third-order valence-electron chi connectivity index (χ3n) is 3.25. The third kappa shape index (κ3) is 2.96. The van der Waals surface area contributed by atoms with Gasteiger partial charge in [-0.25, -0.2) is 0 Å². The Balaban J connectivity index is 2.33. The summed E-state index contributed by atoms with van der Waals surface area (Å²) in [7, 11) is 3.49. The maximum absolute atomic E-state index is 11.9. The zero-order valence-corrected chi connectivity index (χ0v) is 11.6. The van der Waals surface area contributed by atoms with Gasteiger partial charge >= 0.3 is 0 Å². The fourth-order valence-electron chi connectivity index (χ4n) is 2.18. The molecule has 0 fully saturated rings. The number of rotatable bonds is 5. The number of hydrogen-bond donors (Lipinski definition) is 1. The molecule has 1 atom stereocenters. The minimum Gasteiger partial charge on any atom is -0.384 e. The van der Waals surface area contributed by atoms with Crippen LogP contribution < -0.4 is 10.9 Å². The first-order valence-electron chi connectivity index (χ1n) is 6.45. The molecule has 4 heteroatoms. The molecule has 0 bridgehead atoms. The summed E-state index contributed by atoms with van der Waals surface area (Å²) in [5.41, 5.74) is 1.83. The number of hydrogen-bond acceptors (Lipinski definition) is 3. The second kappa shape index (κ2) is 5.89. The zero-order chi connectivity index (χ0) is 13.8. The van der Waals surface area contributed by atoms with Gasteiger partial charge in [0.2, 0.25) is 0 Å². The summed E-state index contributed by atoms with van der Waals surface area (Å²) in [5, 5.41) is 4.41. The average Bonchev–Trinajstić information content (AvgIpc) is 2.42. The van der Waals surface area contributed by atoms with Crippen molar-refractivity contribution in [2.45, 2.75) is 6.92 Å². The van der Waals surface area contributed by atoms with Crippen molar-refractivity contribution in [3.63, 3.8) is 0 Å². The van der Waals surface area contributed by atoms with E-state index in [0.29, 0.717) is 12.5 Å². The molecular formula is C15H20N2O2. The molecule has 0 aliphatic heterocycles. The van der Waals surface area contributed by atoms with Crippen molar-refractivity contribution in [3.05, 3.63) is 40.7 Å². The van der Waals surface area contributed by atoms with Gasteiger partial charge in [-0.3, -0.25) is 4.79 Å². The molecule has 1 aromatic carbocycles. The SMILES string of the molecule is COCC(C)CNc1cc(=O)n(C)c2ccccc12. The Bertz CT molecular complexity index is 619. The molecule has 0 spiro atoms. The minimum atomic E-state index is 0.000551. The number of aryl methyl sites for hydroxylation is 1. The lowest BCUT2D eigenvalue weighted by atomic mass is 10.1. The zero-order valence-electron chi connectivity index (χ0n) is 11.6. The van der Waals surface area contributed by atoms with Gasteiger partial charge < -0.3 is 14.6 Å². The van der Waals surface area contributed by atoms with Crippen LogP contribution in [0.1, 0.15) is 6.92 Å². The van der Waals surface area contributed by atoms with Crippen LogP contribution in [-0.4, -0.2) is 24.8 Å². The minimum absolute atomic E-state index is 0.000551. The molecule has 0 aliphatic rings. The van der Waals surface area contributed by atoms with Crippen LogP contribution in [0.4, 0.5) is 5.69 Å². The second-order valence-corrected chi connectivity index (χ2v) is 4.91. The molecule has 4 nitrogen and oxygen atoms in total. The summed E-state index contributed by atoms with van der Waals surface area (Å²) in [4.78, 5) is 11.9. The van der Waals surface area contributed by atoms with Gasteiger partial charge in [-0.2, -0.15) is 0 Å². The average molecular weight is 260 g/mol. The maximum atomic E-state index is 11.9. The molecule has 1 aromatic heterocycles. The van der Waals surface area contributed by atoms with Crippen LogP contribution in [0.2, 0.25) is 0 Å². The Morgan fingerprint density at radius 2 is 2.11 bits per heavy atom. The first kappa shape index (κ1) is 13.6. The van der Waals surface area contributed by atoms with E-state index in [4.69, 9.17) is 4.74 Å². The monoisotopic (exact) mass is 260 g/mol. The molecule has 102 valence electrons.